The number of rotatable bonds is 6. The molecule has 1 aliphatic carbocycles. The first kappa shape index (κ1) is 21.3. The van der Waals surface area contributed by atoms with Crippen molar-refractivity contribution in [3.05, 3.63) is 24.3 Å². The van der Waals surface area contributed by atoms with E-state index in [0.29, 0.717) is 23.2 Å². The van der Waals surface area contributed by atoms with E-state index in [2.05, 4.69) is 10.6 Å². The molecule has 1 heterocycles. The summed E-state index contributed by atoms with van der Waals surface area (Å²) in [6, 6.07) is 7.16. The number of sulfonamides is 1. The van der Waals surface area contributed by atoms with Crippen molar-refractivity contribution in [1.29, 1.82) is 0 Å². The third-order valence-corrected chi connectivity index (χ3v) is 8.26. The second-order valence-electron chi connectivity index (χ2n) is 8.37. The minimum atomic E-state index is -3.52. The van der Waals surface area contributed by atoms with Crippen molar-refractivity contribution >= 4 is 21.6 Å². The Kier molecular flexibility index (Phi) is 7.12. The molecule has 3 rings (SSSR count). The first-order valence-corrected chi connectivity index (χ1v) is 12.1. The molecule has 0 bridgehead atoms. The summed E-state index contributed by atoms with van der Waals surface area (Å²) in [6.45, 7) is 4.36. The Labute approximate surface area is 169 Å². The molecular weight excluding hydrogens is 374 g/mol. The predicted octanol–water partition coefficient (Wildman–Crippen LogP) is 2.47. The first-order chi connectivity index (χ1) is 13.4. The summed E-state index contributed by atoms with van der Waals surface area (Å²) in [6.07, 6.45) is 9.06. The second-order valence-corrected chi connectivity index (χ2v) is 10.2. The highest BCUT2D eigenvalue weighted by molar-refractivity contribution is 7.89. The summed E-state index contributed by atoms with van der Waals surface area (Å²) in [5.41, 5.74) is 0.640. The van der Waals surface area contributed by atoms with Crippen molar-refractivity contribution in [3.63, 3.8) is 0 Å². The van der Waals surface area contributed by atoms with Crippen molar-refractivity contribution in [3.8, 4) is 0 Å². The number of hydrogen-bond donors (Lipinski definition) is 2. The van der Waals surface area contributed by atoms with Gasteiger partial charge in [0.15, 0.2) is 6.54 Å². The lowest BCUT2D eigenvalue weighted by Gasteiger charge is -2.37. The van der Waals surface area contributed by atoms with Gasteiger partial charge in [0.2, 0.25) is 10.0 Å². The lowest BCUT2D eigenvalue weighted by Crippen LogP contribution is -2.91. The molecule has 1 saturated carbocycles. The molecule has 1 aromatic carbocycles. The monoisotopic (exact) mass is 408 g/mol. The van der Waals surface area contributed by atoms with E-state index in [-0.39, 0.29) is 18.0 Å². The molecule has 28 heavy (non-hydrogen) atoms. The quantitative estimate of drug-likeness (QED) is 0.758. The maximum absolute atomic E-state index is 13.1. The number of hydrogen-bond acceptors (Lipinski definition) is 3. The SMILES string of the molecule is C[C@@H]1CCC[C@H](C)N1S(=O)(=O)c1ccc(NC(=O)C[NH2+]C2CCCCC2)cc1. The van der Waals surface area contributed by atoms with Crippen LogP contribution in [0.25, 0.3) is 0 Å². The highest BCUT2D eigenvalue weighted by Crippen LogP contribution is 2.29. The Hall–Kier alpha value is -1.44. The van der Waals surface area contributed by atoms with Crippen LogP contribution in [0.5, 0.6) is 0 Å². The Balaban J connectivity index is 1.58. The molecule has 0 spiro atoms. The zero-order chi connectivity index (χ0) is 20.1. The molecule has 7 heteroatoms. The average Bonchev–Trinajstić information content (AvgIpc) is 2.67. The maximum atomic E-state index is 13.1. The van der Waals surface area contributed by atoms with E-state index in [1.165, 1.54) is 32.1 Å². The molecule has 156 valence electrons. The molecule has 0 unspecified atom stereocenters. The van der Waals surface area contributed by atoms with Crippen LogP contribution in [0.3, 0.4) is 0 Å². The summed E-state index contributed by atoms with van der Waals surface area (Å²) in [5, 5.41) is 5.01. The van der Waals surface area contributed by atoms with Crippen LogP contribution in [0.4, 0.5) is 5.69 Å². The number of nitrogens with zero attached hydrogens (tertiary/aromatic N) is 1. The van der Waals surface area contributed by atoms with Gasteiger partial charge in [-0.15, -0.1) is 0 Å². The molecule has 2 aliphatic rings. The molecule has 2 fully saturated rings. The number of piperidine rings is 1. The van der Waals surface area contributed by atoms with E-state index in [9.17, 15) is 13.2 Å². The van der Waals surface area contributed by atoms with Crippen molar-refractivity contribution in [2.75, 3.05) is 11.9 Å². The van der Waals surface area contributed by atoms with E-state index in [1.54, 1.807) is 28.6 Å². The summed E-state index contributed by atoms with van der Waals surface area (Å²) in [5.74, 6) is -0.0422. The Morgan fingerprint density at radius 3 is 2.21 bits per heavy atom. The molecule has 1 saturated heterocycles. The molecule has 2 atom stereocenters. The van der Waals surface area contributed by atoms with Crippen LogP contribution in [0, 0.1) is 0 Å². The van der Waals surface area contributed by atoms with Crippen LogP contribution in [0.15, 0.2) is 29.2 Å². The molecule has 3 N–H and O–H groups in total. The van der Waals surface area contributed by atoms with E-state index in [0.717, 1.165) is 19.3 Å². The second kappa shape index (κ2) is 9.37. The normalized spacial score (nSPS) is 24.8. The van der Waals surface area contributed by atoms with Crippen LogP contribution in [-0.4, -0.2) is 43.3 Å². The van der Waals surface area contributed by atoms with Crippen molar-refractivity contribution in [2.24, 2.45) is 0 Å². The predicted molar refractivity (Wildman–Crippen MR) is 111 cm³/mol. The fourth-order valence-corrected chi connectivity index (χ4v) is 6.44. The van der Waals surface area contributed by atoms with Crippen LogP contribution < -0.4 is 10.6 Å². The highest BCUT2D eigenvalue weighted by Gasteiger charge is 2.35. The first-order valence-electron chi connectivity index (χ1n) is 10.6. The van der Waals surface area contributed by atoms with E-state index >= 15 is 0 Å². The van der Waals surface area contributed by atoms with E-state index in [1.807, 2.05) is 13.8 Å². The van der Waals surface area contributed by atoms with Gasteiger partial charge in [0, 0.05) is 17.8 Å². The van der Waals surface area contributed by atoms with Gasteiger partial charge in [-0.2, -0.15) is 4.31 Å². The van der Waals surface area contributed by atoms with Gasteiger partial charge in [-0.3, -0.25) is 4.79 Å². The number of carbonyl (C=O) groups excluding carboxylic acids is 1. The number of anilines is 1. The van der Waals surface area contributed by atoms with Gasteiger partial charge in [-0.1, -0.05) is 12.8 Å². The van der Waals surface area contributed by atoms with E-state index < -0.39 is 10.0 Å². The Morgan fingerprint density at radius 2 is 1.61 bits per heavy atom. The Bertz CT molecular complexity index is 748. The minimum absolute atomic E-state index is 0.0171. The topological polar surface area (TPSA) is 83.1 Å². The van der Waals surface area contributed by atoms with Gasteiger partial charge >= 0.3 is 0 Å². The van der Waals surface area contributed by atoms with Gasteiger partial charge in [-0.05, 0) is 76.6 Å². The molecule has 1 aromatic rings. The van der Waals surface area contributed by atoms with Gasteiger partial charge in [0.05, 0.1) is 10.9 Å². The van der Waals surface area contributed by atoms with Crippen molar-refractivity contribution < 1.29 is 18.5 Å². The van der Waals surface area contributed by atoms with E-state index in [4.69, 9.17) is 0 Å². The molecular formula is C21H34N3O3S+. The van der Waals surface area contributed by atoms with Crippen LogP contribution in [0.2, 0.25) is 0 Å². The molecule has 0 radical (unpaired) electrons. The smallest absolute Gasteiger partial charge is 0.279 e. The van der Waals surface area contributed by atoms with Crippen LogP contribution in [-0.2, 0) is 14.8 Å². The number of nitrogens with one attached hydrogen (secondary N) is 1. The molecule has 6 nitrogen and oxygen atoms in total. The number of quaternary nitrogens is 1. The summed E-state index contributed by atoms with van der Waals surface area (Å²) < 4.78 is 27.7. The summed E-state index contributed by atoms with van der Waals surface area (Å²) >= 11 is 0. The third-order valence-electron chi connectivity index (χ3n) is 6.11. The fourth-order valence-electron chi connectivity index (χ4n) is 4.56. The number of benzene rings is 1. The lowest BCUT2D eigenvalue weighted by atomic mass is 9.95. The molecule has 0 aromatic heterocycles. The third kappa shape index (κ3) is 5.13. The molecule has 1 amide bonds. The zero-order valence-corrected chi connectivity index (χ0v) is 17.9. The zero-order valence-electron chi connectivity index (χ0n) is 17.1. The average molecular weight is 409 g/mol. The van der Waals surface area contributed by atoms with Crippen LogP contribution in [0.1, 0.15) is 65.2 Å². The minimum Gasteiger partial charge on any atom is -0.336 e. The van der Waals surface area contributed by atoms with Gasteiger partial charge in [0.25, 0.3) is 5.91 Å². The summed E-state index contributed by atoms with van der Waals surface area (Å²) in [7, 11) is -3.52. The summed E-state index contributed by atoms with van der Waals surface area (Å²) in [4.78, 5) is 12.5. The maximum Gasteiger partial charge on any atom is 0.279 e. The standard InChI is InChI=1S/C21H33N3O3S/c1-16-7-6-8-17(2)24(16)28(26,27)20-13-11-19(12-14-20)23-21(25)15-22-18-9-4-3-5-10-18/h11-14,16-18,22H,3-10,15H2,1-2H3,(H,23,25)/p+1/t16-,17+. The Morgan fingerprint density at radius 1 is 1.00 bits per heavy atom. The molecule has 1 aliphatic heterocycles. The van der Waals surface area contributed by atoms with Gasteiger partial charge < -0.3 is 10.6 Å². The largest absolute Gasteiger partial charge is 0.336 e. The van der Waals surface area contributed by atoms with Crippen LogP contribution >= 0.6 is 0 Å². The lowest BCUT2D eigenvalue weighted by molar-refractivity contribution is -0.681. The highest BCUT2D eigenvalue weighted by atomic mass is 32.2. The number of amides is 1. The van der Waals surface area contributed by atoms with Gasteiger partial charge in [0.1, 0.15) is 0 Å². The number of carbonyl (C=O) groups is 1. The fraction of sp³-hybridized carbons (Fsp3) is 0.667. The van der Waals surface area contributed by atoms with Gasteiger partial charge in [-0.25, -0.2) is 8.42 Å². The number of nitrogens with two attached hydrogens (primary N) is 1. The van der Waals surface area contributed by atoms with Crippen molar-refractivity contribution in [1.82, 2.24) is 4.31 Å². The van der Waals surface area contributed by atoms with Crippen molar-refractivity contribution in [2.45, 2.75) is 88.2 Å².